The first-order valence-corrected chi connectivity index (χ1v) is 6.47. The van der Waals surface area contributed by atoms with E-state index >= 15 is 0 Å². The van der Waals surface area contributed by atoms with Crippen LogP contribution in [-0.4, -0.2) is 11.0 Å². The van der Waals surface area contributed by atoms with Crippen molar-refractivity contribution < 1.29 is 9.90 Å². The highest BCUT2D eigenvalue weighted by Crippen LogP contribution is 2.40. The van der Waals surface area contributed by atoms with Gasteiger partial charge in [-0.15, -0.1) is 0 Å². The molecule has 1 aliphatic heterocycles. The lowest BCUT2D eigenvalue weighted by Crippen LogP contribution is -2.41. The van der Waals surface area contributed by atoms with Crippen LogP contribution in [0.3, 0.4) is 0 Å². The fourth-order valence-corrected chi connectivity index (χ4v) is 2.54. The third-order valence-corrected chi connectivity index (χ3v) is 3.50. The van der Waals surface area contributed by atoms with Crippen molar-refractivity contribution in [1.29, 1.82) is 5.26 Å². The molecule has 0 spiro atoms. The van der Waals surface area contributed by atoms with Gasteiger partial charge in [-0.2, -0.15) is 5.26 Å². The van der Waals surface area contributed by atoms with Gasteiger partial charge in [0.15, 0.2) is 5.72 Å². The van der Waals surface area contributed by atoms with Crippen LogP contribution in [0.1, 0.15) is 11.1 Å². The lowest BCUT2D eigenvalue weighted by Gasteiger charge is -2.27. The molecule has 4 heteroatoms. The second-order valence-corrected chi connectivity index (χ2v) is 4.76. The molecule has 102 valence electrons. The Labute approximate surface area is 122 Å². The first kappa shape index (κ1) is 13.1. The van der Waals surface area contributed by atoms with E-state index in [9.17, 15) is 15.2 Å². The number of carbonyl (C=O) groups excluding carboxylic acids is 1. The van der Waals surface area contributed by atoms with Gasteiger partial charge in [0.2, 0.25) is 0 Å². The average molecular weight is 276 g/mol. The van der Waals surface area contributed by atoms with Crippen molar-refractivity contribution in [2.75, 3.05) is 0 Å². The first-order chi connectivity index (χ1) is 10.2. The summed E-state index contributed by atoms with van der Waals surface area (Å²) in [6.45, 7) is 0. The Kier molecular flexibility index (Phi) is 3.05. The van der Waals surface area contributed by atoms with Gasteiger partial charge in [-0.25, -0.2) is 0 Å². The highest BCUT2D eigenvalue weighted by Gasteiger charge is 2.45. The fourth-order valence-electron chi connectivity index (χ4n) is 2.54. The molecule has 2 N–H and O–H groups in total. The lowest BCUT2D eigenvalue weighted by atomic mass is 9.89. The van der Waals surface area contributed by atoms with E-state index in [2.05, 4.69) is 5.32 Å². The third kappa shape index (κ3) is 2.00. The minimum absolute atomic E-state index is 0.0625. The number of aliphatic hydroxyl groups is 1. The number of nitrogens with one attached hydrogen (secondary N) is 1. The fraction of sp³-hybridized carbons (Fsp3) is 0.0588. The summed E-state index contributed by atoms with van der Waals surface area (Å²) in [7, 11) is 0. The highest BCUT2D eigenvalue weighted by molar-refractivity contribution is 6.11. The molecule has 0 aromatic heterocycles. The molecule has 4 nitrogen and oxygen atoms in total. The molecule has 0 fully saturated rings. The maximum Gasteiger partial charge on any atom is 0.265 e. The Morgan fingerprint density at radius 3 is 2.14 bits per heavy atom. The number of carbonyl (C=O) groups is 1. The van der Waals surface area contributed by atoms with Crippen LogP contribution in [-0.2, 0) is 10.5 Å². The molecule has 1 amide bonds. The Morgan fingerprint density at radius 1 is 1.00 bits per heavy atom. The number of hydrogen-bond acceptors (Lipinski definition) is 3. The van der Waals surface area contributed by atoms with Crippen LogP contribution in [0, 0.1) is 11.3 Å². The summed E-state index contributed by atoms with van der Waals surface area (Å²) in [4.78, 5) is 12.0. The standard InChI is InChI=1S/C17H12N2O2/c18-11-14-15(12-7-3-1-4-8-12)17(21,19-16(14)20)13-9-5-2-6-10-13/h1-10,21H,(H,19,20). The molecule has 0 radical (unpaired) electrons. The van der Waals surface area contributed by atoms with Crippen molar-refractivity contribution in [1.82, 2.24) is 5.32 Å². The van der Waals surface area contributed by atoms with Gasteiger partial charge in [-0.05, 0) is 5.56 Å². The summed E-state index contributed by atoms with van der Waals surface area (Å²) in [6.07, 6.45) is 0. The maximum atomic E-state index is 12.0. The molecule has 0 aliphatic carbocycles. The van der Waals surface area contributed by atoms with Crippen LogP contribution in [0.15, 0.2) is 66.2 Å². The van der Waals surface area contributed by atoms with Gasteiger partial charge in [0, 0.05) is 11.1 Å². The van der Waals surface area contributed by atoms with Crippen molar-refractivity contribution in [3.05, 3.63) is 77.4 Å². The summed E-state index contributed by atoms with van der Waals surface area (Å²) < 4.78 is 0. The zero-order chi connectivity index (χ0) is 14.9. The normalized spacial score (nSPS) is 21.0. The van der Waals surface area contributed by atoms with E-state index in [1.165, 1.54) is 0 Å². The average Bonchev–Trinajstić information content (AvgIpc) is 2.80. The van der Waals surface area contributed by atoms with Gasteiger partial charge in [0.05, 0.1) is 0 Å². The van der Waals surface area contributed by atoms with Crippen LogP contribution in [0.25, 0.3) is 5.57 Å². The molecule has 0 saturated carbocycles. The van der Waals surface area contributed by atoms with Crippen molar-refractivity contribution in [2.45, 2.75) is 5.72 Å². The van der Waals surface area contributed by atoms with Crippen molar-refractivity contribution >= 4 is 11.5 Å². The summed E-state index contributed by atoms with van der Waals surface area (Å²) in [5, 5.41) is 22.8. The van der Waals surface area contributed by atoms with Crippen LogP contribution in [0.2, 0.25) is 0 Å². The minimum Gasteiger partial charge on any atom is -0.363 e. The number of hydrogen-bond donors (Lipinski definition) is 2. The Hall–Kier alpha value is -2.90. The van der Waals surface area contributed by atoms with E-state index in [1.54, 1.807) is 48.5 Å². The van der Waals surface area contributed by atoms with E-state index in [4.69, 9.17) is 0 Å². The number of amides is 1. The predicted octanol–water partition coefficient (Wildman–Crippen LogP) is 1.94. The maximum absolute atomic E-state index is 12.0. The largest absolute Gasteiger partial charge is 0.363 e. The molecular weight excluding hydrogens is 264 g/mol. The lowest BCUT2D eigenvalue weighted by molar-refractivity contribution is -0.120. The molecule has 1 atom stereocenters. The molecule has 2 aromatic rings. The smallest absolute Gasteiger partial charge is 0.265 e. The monoisotopic (exact) mass is 276 g/mol. The highest BCUT2D eigenvalue weighted by atomic mass is 16.3. The Balaban J connectivity index is 2.26. The molecule has 3 rings (SSSR count). The van der Waals surface area contributed by atoms with Gasteiger partial charge in [-0.3, -0.25) is 4.79 Å². The van der Waals surface area contributed by atoms with Gasteiger partial charge in [0.25, 0.3) is 5.91 Å². The number of rotatable bonds is 2. The molecule has 2 aromatic carbocycles. The van der Waals surface area contributed by atoms with Crippen LogP contribution in [0.5, 0.6) is 0 Å². The Bertz CT molecular complexity index is 760. The zero-order valence-corrected chi connectivity index (χ0v) is 11.1. The Morgan fingerprint density at radius 2 is 1.57 bits per heavy atom. The van der Waals surface area contributed by atoms with E-state index in [-0.39, 0.29) is 5.57 Å². The predicted molar refractivity (Wildman–Crippen MR) is 77.5 cm³/mol. The SMILES string of the molecule is N#CC1=C(c2ccccc2)C(O)(c2ccccc2)NC1=O. The number of benzene rings is 2. The molecule has 21 heavy (non-hydrogen) atoms. The van der Waals surface area contributed by atoms with E-state index in [1.807, 2.05) is 18.2 Å². The topological polar surface area (TPSA) is 73.1 Å². The first-order valence-electron chi connectivity index (χ1n) is 6.47. The molecule has 1 aliphatic rings. The second-order valence-electron chi connectivity index (χ2n) is 4.76. The number of nitrogens with zero attached hydrogens (tertiary/aromatic N) is 1. The summed E-state index contributed by atoms with van der Waals surface area (Å²) in [6, 6.07) is 19.6. The third-order valence-electron chi connectivity index (χ3n) is 3.50. The molecule has 1 heterocycles. The van der Waals surface area contributed by atoms with Crippen LogP contribution in [0.4, 0.5) is 0 Å². The van der Waals surface area contributed by atoms with Crippen LogP contribution >= 0.6 is 0 Å². The zero-order valence-electron chi connectivity index (χ0n) is 11.1. The second kappa shape index (κ2) is 4.89. The summed E-state index contributed by atoms with van der Waals surface area (Å²) in [5.74, 6) is -0.567. The molecule has 0 saturated heterocycles. The quantitative estimate of drug-likeness (QED) is 0.880. The van der Waals surface area contributed by atoms with Gasteiger partial charge in [0.1, 0.15) is 11.6 Å². The van der Waals surface area contributed by atoms with Gasteiger partial charge in [-0.1, -0.05) is 60.7 Å². The van der Waals surface area contributed by atoms with Gasteiger partial charge >= 0.3 is 0 Å². The van der Waals surface area contributed by atoms with E-state index in [0.717, 1.165) is 0 Å². The molecular formula is C17H12N2O2. The van der Waals surface area contributed by atoms with Gasteiger partial charge < -0.3 is 10.4 Å². The van der Waals surface area contributed by atoms with Crippen molar-refractivity contribution in [3.63, 3.8) is 0 Å². The van der Waals surface area contributed by atoms with Crippen LogP contribution < -0.4 is 5.32 Å². The summed E-state index contributed by atoms with van der Waals surface area (Å²) >= 11 is 0. The van der Waals surface area contributed by atoms with Crippen molar-refractivity contribution in [2.24, 2.45) is 0 Å². The van der Waals surface area contributed by atoms with E-state index in [0.29, 0.717) is 16.7 Å². The minimum atomic E-state index is -1.69. The molecule has 0 bridgehead atoms. The summed E-state index contributed by atoms with van der Waals surface area (Å²) in [5.41, 5.74) is -0.305. The van der Waals surface area contributed by atoms with Crippen molar-refractivity contribution in [3.8, 4) is 6.07 Å². The number of nitriles is 1. The molecule has 1 unspecified atom stereocenters. The van der Waals surface area contributed by atoms with E-state index < -0.39 is 11.6 Å².